The van der Waals surface area contributed by atoms with E-state index in [0.717, 1.165) is 11.5 Å². The topological polar surface area (TPSA) is 13.1 Å². The highest BCUT2D eigenvalue weighted by atomic mass is 28.3. The fraction of sp³-hybridized carbons (Fsp3) is 0.261. The van der Waals surface area contributed by atoms with E-state index < -0.39 is 8.07 Å². The Bertz CT molecular complexity index is 1040. The summed E-state index contributed by atoms with van der Waals surface area (Å²) in [6, 6.07) is 15.4. The second-order valence-electron chi connectivity index (χ2n) is 7.99. The van der Waals surface area contributed by atoms with Gasteiger partial charge in [0, 0.05) is 11.6 Å². The number of aryl methyl sites for hydroxylation is 4. The van der Waals surface area contributed by atoms with E-state index in [1.807, 2.05) is 0 Å². The van der Waals surface area contributed by atoms with Crippen LogP contribution in [0.2, 0.25) is 13.1 Å². The van der Waals surface area contributed by atoms with Crippen LogP contribution in [0.5, 0.6) is 11.5 Å². The monoisotopic (exact) mass is 360 g/mol. The van der Waals surface area contributed by atoms with Gasteiger partial charge in [0.2, 0.25) is 5.69 Å². The predicted octanol–water partition coefficient (Wildman–Crippen LogP) is 4.03. The average molecular weight is 361 g/mol. The number of ether oxygens (including phenoxy) is 1. The largest absolute Gasteiger partial charge is 0.457 e. The normalized spacial score (nSPS) is 14.4. The lowest BCUT2D eigenvalue weighted by atomic mass is 10.0. The standard InChI is InChI=1S/C23H26NOSi/c1-15-11-12-21-23(22(15)18-13-16(2)17(3)14-24(18)4)25-19-9-7-8-10-20(19)26(21,5)6/h7-14H,1-6H3/q+1. The summed E-state index contributed by atoms with van der Waals surface area (Å²) < 4.78 is 8.75. The SMILES string of the molecule is Cc1cc(-c2c(C)ccc3c2Oc2ccccc2[Si]3(C)C)[n+](C)cc1C. The van der Waals surface area contributed by atoms with Crippen molar-refractivity contribution in [3.8, 4) is 22.8 Å². The first-order chi connectivity index (χ1) is 12.3. The molecular formula is C23H26NOSi+. The number of benzene rings is 2. The third-order valence-electron chi connectivity index (χ3n) is 5.81. The molecule has 0 aliphatic carbocycles. The first kappa shape index (κ1) is 17.0. The van der Waals surface area contributed by atoms with Gasteiger partial charge in [0.15, 0.2) is 6.20 Å². The van der Waals surface area contributed by atoms with Crippen molar-refractivity contribution in [1.29, 1.82) is 0 Å². The molecule has 0 fully saturated rings. The lowest BCUT2D eigenvalue weighted by molar-refractivity contribution is -0.660. The van der Waals surface area contributed by atoms with Crippen molar-refractivity contribution >= 4 is 18.4 Å². The number of hydrogen-bond acceptors (Lipinski definition) is 1. The van der Waals surface area contributed by atoms with Gasteiger partial charge in [-0.2, -0.15) is 0 Å². The maximum Gasteiger partial charge on any atom is 0.216 e. The predicted molar refractivity (Wildman–Crippen MR) is 111 cm³/mol. The minimum absolute atomic E-state index is 1.02. The number of para-hydroxylation sites is 1. The summed E-state index contributed by atoms with van der Waals surface area (Å²) in [7, 11) is 0.330. The van der Waals surface area contributed by atoms with E-state index in [9.17, 15) is 0 Å². The van der Waals surface area contributed by atoms with Crippen LogP contribution in [0.3, 0.4) is 0 Å². The third kappa shape index (κ3) is 2.42. The van der Waals surface area contributed by atoms with Crippen LogP contribution in [0.4, 0.5) is 0 Å². The molecule has 0 amide bonds. The maximum absolute atomic E-state index is 6.53. The van der Waals surface area contributed by atoms with E-state index in [1.54, 1.807) is 0 Å². The number of rotatable bonds is 1. The molecule has 0 atom stereocenters. The zero-order valence-corrected chi connectivity index (χ0v) is 17.5. The second-order valence-corrected chi connectivity index (χ2v) is 12.3. The molecule has 26 heavy (non-hydrogen) atoms. The number of hydrogen-bond donors (Lipinski definition) is 0. The van der Waals surface area contributed by atoms with Crippen LogP contribution in [0.25, 0.3) is 11.3 Å². The van der Waals surface area contributed by atoms with E-state index in [4.69, 9.17) is 4.74 Å². The van der Waals surface area contributed by atoms with E-state index >= 15 is 0 Å². The molecule has 1 aromatic heterocycles. The van der Waals surface area contributed by atoms with Crippen LogP contribution < -0.4 is 19.7 Å². The number of fused-ring (bicyclic) bond motifs is 2. The summed E-state index contributed by atoms with van der Waals surface area (Å²) in [5.41, 5.74) is 6.31. The Labute approximate surface area is 157 Å². The van der Waals surface area contributed by atoms with E-state index in [0.29, 0.717) is 0 Å². The van der Waals surface area contributed by atoms with E-state index in [2.05, 4.69) is 94.1 Å². The zero-order valence-electron chi connectivity index (χ0n) is 16.5. The molecule has 4 rings (SSSR count). The van der Waals surface area contributed by atoms with Crippen LogP contribution in [-0.2, 0) is 7.05 Å². The van der Waals surface area contributed by atoms with Gasteiger partial charge < -0.3 is 4.74 Å². The minimum Gasteiger partial charge on any atom is -0.457 e. The molecule has 1 aliphatic rings. The summed E-state index contributed by atoms with van der Waals surface area (Å²) in [6.45, 7) is 11.4. The van der Waals surface area contributed by atoms with Crippen molar-refractivity contribution in [2.75, 3.05) is 0 Å². The first-order valence-electron chi connectivity index (χ1n) is 9.19. The smallest absolute Gasteiger partial charge is 0.216 e. The molecule has 132 valence electrons. The second kappa shape index (κ2) is 5.81. The van der Waals surface area contributed by atoms with Crippen molar-refractivity contribution in [2.24, 2.45) is 7.05 Å². The molecule has 0 saturated heterocycles. The van der Waals surface area contributed by atoms with Gasteiger partial charge in [-0.3, -0.25) is 0 Å². The minimum atomic E-state index is -1.80. The van der Waals surface area contributed by atoms with Crippen LogP contribution in [0.1, 0.15) is 16.7 Å². The van der Waals surface area contributed by atoms with Crippen LogP contribution in [0, 0.1) is 20.8 Å². The van der Waals surface area contributed by atoms with Gasteiger partial charge in [-0.05, 0) is 48.3 Å². The van der Waals surface area contributed by atoms with Gasteiger partial charge in [0.25, 0.3) is 0 Å². The lowest BCUT2D eigenvalue weighted by Crippen LogP contribution is -2.56. The summed E-state index contributed by atoms with van der Waals surface area (Å²) in [5.74, 6) is 2.08. The maximum atomic E-state index is 6.53. The molecule has 2 heterocycles. The molecule has 3 aromatic rings. The molecule has 2 nitrogen and oxygen atoms in total. The number of nitrogens with zero attached hydrogens (tertiary/aromatic N) is 1. The highest BCUT2D eigenvalue weighted by Gasteiger charge is 2.38. The summed E-state index contributed by atoms with van der Waals surface area (Å²) in [4.78, 5) is 0. The zero-order chi connectivity index (χ0) is 18.6. The van der Waals surface area contributed by atoms with Crippen molar-refractivity contribution in [1.82, 2.24) is 0 Å². The van der Waals surface area contributed by atoms with Gasteiger partial charge in [0.05, 0.1) is 5.56 Å². The molecular weight excluding hydrogens is 334 g/mol. The molecule has 0 saturated carbocycles. The quantitative estimate of drug-likeness (QED) is 0.472. The molecule has 0 unspecified atom stereocenters. The average Bonchev–Trinajstić information content (AvgIpc) is 2.59. The molecule has 0 bridgehead atoms. The van der Waals surface area contributed by atoms with Crippen LogP contribution >= 0.6 is 0 Å². The van der Waals surface area contributed by atoms with Gasteiger partial charge >= 0.3 is 0 Å². The van der Waals surface area contributed by atoms with Gasteiger partial charge in [-0.25, -0.2) is 4.57 Å². The molecule has 2 aromatic carbocycles. The van der Waals surface area contributed by atoms with Crippen molar-refractivity contribution < 1.29 is 9.30 Å². The Morgan fingerprint density at radius 2 is 1.58 bits per heavy atom. The van der Waals surface area contributed by atoms with Crippen LogP contribution in [0.15, 0.2) is 48.7 Å². The van der Waals surface area contributed by atoms with Gasteiger partial charge in [-0.15, -0.1) is 0 Å². The lowest BCUT2D eigenvalue weighted by Gasteiger charge is -2.34. The van der Waals surface area contributed by atoms with Gasteiger partial charge in [-0.1, -0.05) is 43.4 Å². The fourth-order valence-corrected chi connectivity index (χ4v) is 6.85. The van der Waals surface area contributed by atoms with Crippen LogP contribution in [-0.4, -0.2) is 8.07 Å². The Hall–Kier alpha value is -2.39. The molecule has 0 spiro atoms. The summed E-state index contributed by atoms with van der Waals surface area (Å²) in [6.07, 6.45) is 2.21. The number of pyridine rings is 1. The molecule has 0 radical (unpaired) electrons. The Morgan fingerprint density at radius 1 is 0.846 bits per heavy atom. The Balaban J connectivity index is 2.03. The highest BCUT2D eigenvalue weighted by molar-refractivity contribution is 7.01. The molecule has 3 heteroatoms. The summed E-state index contributed by atoms with van der Waals surface area (Å²) >= 11 is 0. The Kier molecular flexibility index (Phi) is 3.81. The molecule has 0 N–H and O–H groups in total. The van der Waals surface area contributed by atoms with Gasteiger partial charge in [0.1, 0.15) is 26.6 Å². The summed E-state index contributed by atoms with van der Waals surface area (Å²) in [5, 5.41) is 2.77. The Morgan fingerprint density at radius 3 is 2.35 bits per heavy atom. The first-order valence-corrected chi connectivity index (χ1v) is 12.2. The fourth-order valence-electron chi connectivity index (χ4n) is 4.06. The number of aromatic nitrogens is 1. The van der Waals surface area contributed by atoms with E-state index in [1.165, 1.54) is 38.3 Å². The van der Waals surface area contributed by atoms with Crippen molar-refractivity contribution in [2.45, 2.75) is 33.9 Å². The van der Waals surface area contributed by atoms with Crippen molar-refractivity contribution in [3.63, 3.8) is 0 Å². The highest BCUT2D eigenvalue weighted by Crippen LogP contribution is 2.38. The molecule has 1 aliphatic heterocycles. The third-order valence-corrected chi connectivity index (χ3v) is 9.31. The van der Waals surface area contributed by atoms with Crippen molar-refractivity contribution in [3.05, 3.63) is 65.4 Å². The van der Waals surface area contributed by atoms with E-state index in [-0.39, 0.29) is 0 Å².